The minimum atomic E-state index is 0.674. The zero-order chi connectivity index (χ0) is 8.97. The molecule has 0 aliphatic rings. The van der Waals surface area contributed by atoms with Gasteiger partial charge in [0.2, 0.25) is 0 Å². The molecule has 0 amide bonds. The molecule has 0 saturated carbocycles. The summed E-state index contributed by atoms with van der Waals surface area (Å²) in [6.07, 6.45) is 3.24. The second-order valence-corrected chi connectivity index (χ2v) is 4.13. The zero-order valence-corrected chi connectivity index (χ0v) is 8.45. The van der Waals surface area contributed by atoms with Crippen molar-refractivity contribution in [2.45, 2.75) is 20.3 Å². The lowest BCUT2D eigenvalue weighted by Crippen LogP contribution is -2.01. The summed E-state index contributed by atoms with van der Waals surface area (Å²) < 4.78 is 0. The first-order chi connectivity index (χ1) is 5.76. The fraction of sp³-hybridized carbons (Fsp3) is 0.400. The van der Waals surface area contributed by atoms with E-state index in [9.17, 15) is 0 Å². The van der Waals surface area contributed by atoms with Crippen molar-refractivity contribution in [3.8, 4) is 0 Å². The van der Waals surface area contributed by atoms with Crippen molar-refractivity contribution in [3.05, 3.63) is 27.5 Å². The van der Waals surface area contributed by atoms with E-state index >= 15 is 0 Å². The molecule has 1 aromatic rings. The number of hydrogen-bond donors (Lipinski definition) is 1. The first-order valence-corrected chi connectivity index (χ1v) is 5.04. The summed E-state index contributed by atoms with van der Waals surface area (Å²) in [6, 6.07) is 4.28. The maximum absolute atomic E-state index is 5.57. The van der Waals surface area contributed by atoms with Crippen molar-refractivity contribution in [1.82, 2.24) is 0 Å². The molecule has 0 bridgehead atoms. The highest BCUT2D eigenvalue weighted by Crippen LogP contribution is 2.18. The summed E-state index contributed by atoms with van der Waals surface area (Å²) in [5, 5.41) is 0. The van der Waals surface area contributed by atoms with Crippen LogP contribution < -0.4 is 5.73 Å². The average molecular weight is 181 g/mol. The molecule has 0 aliphatic heterocycles. The van der Waals surface area contributed by atoms with E-state index in [0.29, 0.717) is 6.54 Å². The number of hydrogen-bond acceptors (Lipinski definition) is 2. The van der Waals surface area contributed by atoms with Crippen LogP contribution in [0.1, 0.15) is 23.1 Å². The van der Waals surface area contributed by atoms with Crippen molar-refractivity contribution in [3.63, 3.8) is 0 Å². The Hall–Kier alpha value is -0.600. The van der Waals surface area contributed by atoms with Gasteiger partial charge >= 0.3 is 0 Å². The van der Waals surface area contributed by atoms with Gasteiger partial charge in [-0.2, -0.15) is 0 Å². The minimum absolute atomic E-state index is 0.674. The largest absolute Gasteiger partial charge is 0.327 e. The maximum Gasteiger partial charge on any atom is 0.0273 e. The summed E-state index contributed by atoms with van der Waals surface area (Å²) >= 11 is 1.81. The van der Waals surface area contributed by atoms with E-state index in [1.807, 2.05) is 11.3 Å². The molecule has 1 heterocycles. The highest BCUT2D eigenvalue weighted by molar-refractivity contribution is 7.12. The maximum atomic E-state index is 5.57. The summed E-state index contributed by atoms with van der Waals surface area (Å²) in [6.45, 7) is 4.93. The number of aryl methyl sites for hydroxylation is 1. The molecular weight excluding hydrogens is 166 g/mol. The molecule has 2 N–H and O–H groups in total. The van der Waals surface area contributed by atoms with Crippen LogP contribution in [0.4, 0.5) is 0 Å². The lowest BCUT2D eigenvalue weighted by molar-refractivity contribution is 1.02. The SMILES string of the molecule is CCC(=Cc1ccc(C)s1)CN. The summed E-state index contributed by atoms with van der Waals surface area (Å²) in [4.78, 5) is 2.67. The number of thiophene rings is 1. The molecule has 66 valence electrons. The van der Waals surface area contributed by atoms with E-state index in [4.69, 9.17) is 5.73 Å². The molecule has 2 heteroatoms. The predicted molar refractivity (Wildman–Crippen MR) is 56.4 cm³/mol. The van der Waals surface area contributed by atoms with Gasteiger partial charge in [-0.25, -0.2) is 0 Å². The molecular formula is C10H15NS. The van der Waals surface area contributed by atoms with Gasteiger partial charge in [0, 0.05) is 16.3 Å². The lowest BCUT2D eigenvalue weighted by atomic mass is 10.2. The predicted octanol–water partition coefficient (Wildman–Crippen LogP) is 2.81. The Bertz CT molecular complexity index is 267. The van der Waals surface area contributed by atoms with Crippen molar-refractivity contribution >= 4 is 17.4 Å². The third-order valence-electron chi connectivity index (χ3n) is 1.82. The van der Waals surface area contributed by atoms with Crippen LogP contribution in [-0.2, 0) is 0 Å². The Labute approximate surface area is 77.9 Å². The molecule has 12 heavy (non-hydrogen) atoms. The molecule has 0 fully saturated rings. The molecule has 0 saturated heterocycles. The van der Waals surface area contributed by atoms with Crippen molar-refractivity contribution in [2.24, 2.45) is 5.73 Å². The van der Waals surface area contributed by atoms with Gasteiger partial charge in [0.25, 0.3) is 0 Å². The Morgan fingerprint density at radius 2 is 2.33 bits per heavy atom. The van der Waals surface area contributed by atoms with E-state index in [0.717, 1.165) is 6.42 Å². The summed E-state index contributed by atoms with van der Waals surface area (Å²) in [5.74, 6) is 0. The first-order valence-electron chi connectivity index (χ1n) is 4.22. The molecule has 0 spiro atoms. The van der Waals surface area contributed by atoms with Crippen LogP contribution in [0.5, 0.6) is 0 Å². The lowest BCUT2D eigenvalue weighted by Gasteiger charge is -1.97. The third-order valence-corrected chi connectivity index (χ3v) is 2.77. The highest BCUT2D eigenvalue weighted by atomic mass is 32.1. The Kier molecular flexibility index (Phi) is 3.50. The second kappa shape index (κ2) is 4.43. The summed E-state index contributed by atoms with van der Waals surface area (Å²) in [7, 11) is 0. The van der Waals surface area contributed by atoms with Gasteiger partial charge in [-0.15, -0.1) is 11.3 Å². The van der Waals surface area contributed by atoms with Gasteiger partial charge in [0.15, 0.2) is 0 Å². The van der Waals surface area contributed by atoms with Gasteiger partial charge in [-0.05, 0) is 31.6 Å². The average Bonchev–Trinajstić information content (AvgIpc) is 2.47. The van der Waals surface area contributed by atoms with Gasteiger partial charge in [-0.3, -0.25) is 0 Å². The smallest absolute Gasteiger partial charge is 0.0273 e. The van der Waals surface area contributed by atoms with Crippen LogP contribution in [0, 0.1) is 6.92 Å². The zero-order valence-electron chi connectivity index (χ0n) is 7.63. The van der Waals surface area contributed by atoms with Gasteiger partial charge in [-0.1, -0.05) is 12.5 Å². The highest BCUT2D eigenvalue weighted by Gasteiger charge is 1.94. The van der Waals surface area contributed by atoms with E-state index < -0.39 is 0 Å². The van der Waals surface area contributed by atoms with Gasteiger partial charge in [0.1, 0.15) is 0 Å². The van der Waals surface area contributed by atoms with Crippen LogP contribution in [0.15, 0.2) is 17.7 Å². The van der Waals surface area contributed by atoms with Crippen LogP contribution in [0.3, 0.4) is 0 Å². The van der Waals surface area contributed by atoms with Crippen LogP contribution in [0.2, 0.25) is 0 Å². The molecule has 0 aliphatic carbocycles. The minimum Gasteiger partial charge on any atom is -0.327 e. The number of nitrogens with two attached hydrogens (primary N) is 1. The standard InChI is InChI=1S/C10H15NS/c1-3-9(7-11)6-10-5-4-8(2)12-10/h4-6H,3,7,11H2,1-2H3. The van der Waals surface area contributed by atoms with Crippen molar-refractivity contribution in [1.29, 1.82) is 0 Å². The molecule has 1 rings (SSSR count). The van der Waals surface area contributed by atoms with Crippen molar-refractivity contribution < 1.29 is 0 Å². The van der Waals surface area contributed by atoms with E-state index in [1.165, 1.54) is 15.3 Å². The normalized spacial score (nSPS) is 12.1. The van der Waals surface area contributed by atoms with Crippen LogP contribution in [0.25, 0.3) is 6.08 Å². The number of rotatable bonds is 3. The topological polar surface area (TPSA) is 26.0 Å². The fourth-order valence-electron chi connectivity index (χ4n) is 1.04. The Morgan fingerprint density at radius 1 is 1.58 bits per heavy atom. The fourth-order valence-corrected chi connectivity index (χ4v) is 1.91. The van der Waals surface area contributed by atoms with Crippen LogP contribution in [-0.4, -0.2) is 6.54 Å². The van der Waals surface area contributed by atoms with E-state index in [1.54, 1.807) is 0 Å². The van der Waals surface area contributed by atoms with E-state index in [2.05, 4.69) is 32.1 Å². The molecule has 0 radical (unpaired) electrons. The van der Waals surface area contributed by atoms with Gasteiger partial charge < -0.3 is 5.73 Å². The molecule has 1 aromatic heterocycles. The monoisotopic (exact) mass is 181 g/mol. The third kappa shape index (κ3) is 2.47. The Morgan fingerprint density at radius 3 is 2.75 bits per heavy atom. The molecule has 0 atom stereocenters. The molecule has 1 nitrogen and oxygen atoms in total. The first kappa shape index (κ1) is 9.49. The van der Waals surface area contributed by atoms with Crippen molar-refractivity contribution in [2.75, 3.05) is 6.54 Å². The molecule has 0 unspecified atom stereocenters. The second-order valence-electron chi connectivity index (χ2n) is 2.81. The van der Waals surface area contributed by atoms with Crippen LogP contribution >= 0.6 is 11.3 Å². The van der Waals surface area contributed by atoms with Gasteiger partial charge in [0.05, 0.1) is 0 Å². The quantitative estimate of drug-likeness (QED) is 0.762. The summed E-state index contributed by atoms with van der Waals surface area (Å²) in [5.41, 5.74) is 6.89. The van der Waals surface area contributed by atoms with E-state index in [-0.39, 0.29) is 0 Å². The molecule has 0 aromatic carbocycles. The Balaban J connectivity index is 2.78.